The third kappa shape index (κ3) is 4.89. The van der Waals surface area contributed by atoms with E-state index in [1.807, 2.05) is 26.3 Å². The Balaban J connectivity index is 2.67. The maximum Gasteiger partial charge on any atom is 0.250 e. The lowest BCUT2D eigenvalue weighted by Crippen LogP contribution is -2.32. The van der Waals surface area contributed by atoms with Crippen molar-refractivity contribution in [2.75, 3.05) is 19.1 Å². The lowest BCUT2D eigenvalue weighted by molar-refractivity contribution is 0.559. The zero-order valence-electron chi connectivity index (χ0n) is 10.9. The van der Waals surface area contributed by atoms with E-state index in [9.17, 15) is 8.42 Å². The molecule has 1 rings (SSSR count). The molecule has 2 N–H and O–H groups in total. The molecule has 104 valence electrons. The van der Waals surface area contributed by atoms with Crippen molar-refractivity contribution < 1.29 is 8.42 Å². The van der Waals surface area contributed by atoms with Gasteiger partial charge in [0.05, 0.1) is 0 Å². The summed E-state index contributed by atoms with van der Waals surface area (Å²) >= 11 is 3.03. The lowest BCUT2D eigenvalue weighted by Gasteiger charge is -2.12. The first kappa shape index (κ1) is 16.0. The van der Waals surface area contributed by atoms with Crippen LogP contribution >= 0.6 is 23.1 Å². The zero-order chi connectivity index (χ0) is 13.6. The van der Waals surface area contributed by atoms with Gasteiger partial charge in [0.25, 0.3) is 0 Å². The number of thioether (sulfide) groups is 1. The van der Waals surface area contributed by atoms with Crippen LogP contribution < -0.4 is 10.0 Å². The highest BCUT2D eigenvalue weighted by molar-refractivity contribution is 7.98. The predicted molar refractivity (Wildman–Crippen MR) is 79.9 cm³/mol. The van der Waals surface area contributed by atoms with Gasteiger partial charge in [-0.25, -0.2) is 13.1 Å². The lowest BCUT2D eigenvalue weighted by atomic mass is 10.3. The molecule has 0 spiro atoms. The Bertz CT molecular complexity index is 457. The second-order valence-electron chi connectivity index (χ2n) is 4.05. The highest BCUT2D eigenvalue weighted by atomic mass is 32.2. The summed E-state index contributed by atoms with van der Waals surface area (Å²) in [5.41, 5.74) is 0. The molecule has 0 radical (unpaired) electrons. The fraction of sp³-hybridized carbons (Fsp3) is 0.636. The Morgan fingerprint density at radius 2 is 2.17 bits per heavy atom. The Morgan fingerprint density at radius 3 is 2.78 bits per heavy atom. The van der Waals surface area contributed by atoms with Crippen LogP contribution in [-0.4, -0.2) is 33.5 Å². The highest BCUT2D eigenvalue weighted by Gasteiger charge is 2.19. The molecular weight excluding hydrogens is 288 g/mol. The summed E-state index contributed by atoms with van der Waals surface area (Å²) in [6, 6.07) is 3.49. The molecule has 1 unspecified atom stereocenters. The van der Waals surface area contributed by atoms with Crippen LogP contribution in [0.4, 0.5) is 0 Å². The van der Waals surface area contributed by atoms with Crippen LogP contribution in [0.25, 0.3) is 0 Å². The average molecular weight is 308 g/mol. The molecular formula is C11H20N2O2S3. The number of hydrogen-bond donors (Lipinski definition) is 2. The molecule has 1 aromatic rings. The van der Waals surface area contributed by atoms with Gasteiger partial charge in [-0.2, -0.15) is 11.8 Å². The molecule has 1 heterocycles. The maximum atomic E-state index is 12.1. The van der Waals surface area contributed by atoms with Crippen LogP contribution in [0.5, 0.6) is 0 Å². The van der Waals surface area contributed by atoms with Crippen LogP contribution in [0, 0.1) is 0 Å². The zero-order valence-corrected chi connectivity index (χ0v) is 13.3. The van der Waals surface area contributed by atoms with E-state index in [0.717, 1.165) is 17.1 Å². The minimum Gasteiger partial charge on any atom is -0.315 e. The third-order valence-corrected chi connectivity index (χ3v) is 6.17. The molecule has 1 aromatic heterocycles. The SMILES string of the molecule is CNCc1ccc(S(=O)(=O)NC(C)CCSC)s1. The summed E-state index contributed by atoms with van der Waals surface area (Å²) in [5.74, 6) is 0.957. The normalized spacial score (nSPS) is 13.7. The Labute approximate surface area is 118 Å². The first-order valence-corrected chi connectivity index (χ1v) is 9.43. The van der Waals surface area contributed by atoms with Crippen LogP contribution in [0.15, 0.2) is 16.3 Å². The van der Waals surface area contributed by atoms with Gasteiger partial charge in [0.15, 0.2) is 0 Å². The summed E-state index contributed by atoms with van der Waals surface area (Å²) in [4.78, 5) is 1.02. The van der Waals surface area contributed by atoms with E-state index in [1.54, 1.807) is 17.8 Å². The minimum atomic E-state index is -3.36. The van der Waals surface area contributed by atoms with Crippen LogP contribution in [-0.2, 0) is 16.6 Å². The van der Waals surface area contributed by atoms with Crippen molar-refractivity contribution in [3.63, 3.8) is 0 Å². The van der Waals surface area contributed by atoms with E-state index < -0.39 is 10.0 Å². The van der Waals surface area contributed by atoms with Gasteiger partial charge in [0.1, 0.15) is 4.21 Å². The van der Waals surface area contributed by atoms with Gasteiger partial charge in [-0.1, -0.05) is 0 Å². The molecule has 0 saturated heterocycles. The molecule has 0 aliphatic carbocycles. The van der Waals surface area contributed by atoms with Gasteiger partial charge in [-0.3, -0.25) is 0 Å². The second kappa shape index (κ2) is 7.49. The number of rotatable bonds is 8. The largest absolute Gasteiger partial charge is 0.315 e. The smallest absolute Gasteiger partial charge is 0.250 e. The Hall–Kier alpha value is -0.0800. The third-order valence-electron chi connectivity index (χ3n) is 2.36. The second-order valence-corrected chi connectivity index (χ2v) is 8.15. The number of thiophene rings is 1. The molecule has 1 atom stereocenters. The fourth-order valence-electron chi connectivity index (χ4n) is 1.45. The minimum absolute atomic E-state index is 0.0303. The average Bonchev–Trinajstić information content (AvgIpc) is 2.75. The summed E-state index contributed by atoms with van der Waals surface area (Å²) in [6.07, 6.45) is 2.86. The molecule has 0 bridgehead atoms. The number of hydrogen-bond acceptors (Lipinski definition) is 5. The first-order chi connectivity index (χ1) is 8.49. The number of sulfonamides is 1. The topological polar surface area (TPSA) is 58.2 Å². The Kier molecular flexibility index (Phi) is 6.65. The van der Waals surface area contributed by atoms with Crippen molar-refractivity contribution in [2.45, 2.75) is 30.1 Å². The standard InChI is InChI=1S/C11H20N2O2S3/c1-9(6-7-16-3)13-18(14,15)11-5-4-10(17-11)8-12-2/h4-5,9,12-13H,6-8H2,1-3H3. The summed E-state index contributed by atoms with van der Waals surface area (Å²) in [7, 11) is -1.51. The van der Waals surface area contributed by atoms with Gasteiger partial charge < -0.3 is 5.32 Å². The summed E-state index contributed by atoms with van der Waals surface area (Å²) in [5, 5.41) is 3.01. The van der Waals surface area contributed by atoms with Gasteiger partial charge in [0.2, 0.25) is 10.0 Å². The van der Waals surface area contributed by atoms with Crippen molar-refractivity contribution in [3.05, 3.63) is 17.0 Å². The van der Waals surface area contributed by atoms with E-state index >= 15 is 0 Å². The van der Waals surface area contributed by atoms with E-state index in [4.69, 9.17) is 0 Å². The molecule has 0 aliphatic heterocycles. The quantitative estimate of drug-likeness (QED) is 0.770. The monoisotopic (exact) mass is 308 g/mol. The van der Waals surface area contributed by atoms with E-state index in [-0.39, 0.29) is 6.04 Å². The van der Waals surface area contributed by atoms with Crippen molar-refractivity contribution in [3.8, 4) is 0 Å². The molecule has 0 aromatic carbocycles. The molecule has 0 saturated carbocycles. The van der Waals surface area contributed by atoms with Crippen LogP contribution in [0.3, 0.4) is 0 Å². The Morgan fingerprint density at radius 1 is 1.44 bits per heavy atom. The van der Waals surface area contributed by atoms with E-state index in [0.29, 0.717) is 10.8 Å². The molecule has 4 nitrogen and oxygen atoms in total. The van der Waals surface area contributed by atoms with Gasteiger partial charge in [-0.15, -0.1) is 11.3 Å². The van der Waals surface area contributed by atoms with E-state index in [2.05, 4.69) is 10.0 Å². The molecule has 18 heavy (non-hydrogen) atoms. The maximum absolute atomic E-state index is 12.1. The van der Waals surface area contributed by atoms with Crippen LogP contribution in [0.1, 0.15) is 18.2 Å². The molecule has 0 fully saturated rings. The van der Waals surface area contributed by atoms with Crippen molar-refractivity contribution in [1.29, 1.82) is 0 Å². The van der Waals surface area contributed by atoms with Crippen molar-refractivity contribution in [2.24, 2.45) is 0 Å². The van der Waals surface area contributed by atoms with Gasteiger partial charge >= 0.3 is 0 Å². The van der Waals surface area contributed by atoms with Crippen molar-refractivity contribution in [1.82, 2.24) is 10.0 Å². The van der Waals surface area contributed by atoms with Crippen LogP contribution in [0.2, 0.25) is 0 Å². The molecule has 7 heteroatoms. The summed E-state index contributed by atoms with van der Waals surface area (Å²) < 4.78 is 27.3. The van der Waals surface area contributed by atoms with Crippen molar-refractivity contribution >= 4 is 33.1 Å². The van der Waals surface area contributed by atoms with Gasteiger partial charge in [0, 0.05) is 17.5 Å². The number of nitrogens with one attached hydrogen (secondary N) is 2. The fourth-order valence-corrected chi connectivity index (χ4v) is 4.70. The highest BCUT2D eigenvalue weighted by Crippen LogP contribution is 2.21. The predicted octanol–water partition coefficient (Wildman–Crippen LogP) is 1.89. The first-order valence-electron chi connectivity index (χ1n) is 5.74. The van der Waals surface area contributed by atoms with E-state index in [1.165, 1.54) is 11.3 Å². The molecule has 0 aliphatic rings. The summed E-state index contributed by atoms with van der Waals surface area (Å²) in [6.45, 7) is 2.60. The molecule has 0 amide bonds. The van der Waals surface area contributed by atoms with Gasteiger partial charge in [-0.05, 0) is 44.5 Å².